The molecule has 8 nitrogen and oxygen atoms in total. The second-order valence-electron chi connectivity index (χ2n) is 9.98. The Labute approximate surface area is 217 Å². The molecule has 1 aromatic heterocycles. The number of aliphatic hydroxyl groups is 1. The van der Waals surface area contributed by atoms with E-state index in [1.165, 1.54) is 0 Å². The highest BCUT2D eigenvalue weighted by atomic mass is 16.5. The van der Waals surface area contributed by atoms with E-state index < -0.39 is 0 Å². The maximum atomic E-state index is 14.2. The molecule has 3 aromatic rings. The van der Waals surface area contributed by atoms with Gasteiger partial charge >= 0.3 is 0 Å². The van der Waals surface area contributed by atoms with Gasteiger partial charge < -0.3 is 19.6 Å². The molecule has 0 bridgehead atoms. The van der Waals surface area contributed by atoms with E-state index in [0.29, 0.717) is 28.7 Å². The third-order valence-electron chi connectivity index (χ3n) is 7.26. The lowest BCUT2D eigenvalue weighted by molar-refractivity contribution is 0.201. The summed E-state index contributed by atoms with van der Waals surface area (Å²) in [4.78, 5) is 27.5. The first-order chi connectivity index (χ1) is 18.0. The van der Waals surface area contributed by atoms with Crippen LogP contribution >= 0.6 is 0 Å². The Balaban J connectivity index is 1.64. The van der Waals surface area contributed by atoms with Crippen molar-refractivity contribution in [1.82, 2.24) is 14.5 Å². The summed E-state index contributed by atoms with van der Waals surface area (Å²) >= 11 is 0. The van der Waals surface area contributed by atoms with Crippen molar-refractivity contribution >= 4 is 11.6 Å². The molecule has 0 atom stereocenters. The Morgan fingerprint density at radius 2 is 1.68 bits per heavy atom. The summed E-state index contributed by atoms with van der Waals surface area (Å²) in [6, 6.07) is 15.4. The van der Waals surface area contributed by atoms with E-state index in [9.17, 15) is 4.79 Å². The number of anilines is 1. The van der Waals surface area contributed by atoms with E-state index in [4.69, 9.17) is 21.4 Å². The quantitative estimate of drug-likeness (QED) is 0.464. The largest absolute Gasteiger partial charge is 0.491 e. The van der Waals surface area contributed by atoms with E-state index in [0.717, 1.165) is 55.8 Å². The van der Waals surface area contributed by atoms with Gasteiger partial charge in [-0.05, 0) is 63.0 Å². The minimum Gasteiger partial charge on any atom is -0.491 e. The van der Waals surface area contributed by atoms with Gasteiger partial charge in [-0.15, -0.1) is 0 Å². The predicted molar refractivity (Wildman–Crippen MR) is 145 cm³/mol. The fourth-order valence-corrected chi connectivity index (χ4v) is 5.03. The van der Waals surface area contributed by atoms with Gasteiger partial charge in [0.15, 0.2) is 5.69 Å². The van der Waals surface area contributed by atoms with Gasteiger partial charge in [-0.2, -0.15) is 0 Å². The first-order valence-electron chi connectivity index (χ1n) is 12.9. The van der Waals surface area contributed by atoms with Crippen LogP contribution in [-0.2, 0) is 0 Å². The Bertz CT molecular complexity index is 1330. The summed E-state index contributed by atoms with van der Waals surface area (Å²) < 4.78 is 7.44. The van der Waals surface area contributed by atoms with Crippen molar-refractivity contribution < 1.29 is 9.84 Å². The van der Waals surface area contributed by atoms with Crippen molar-refractivity contribution in [3.05, 3.63) is 70.3 Å². The molecule has 2 fully saturated rings. The van der Waals surface area contributed by atoms with Crippen molar-refractivity contribution in [1.29, 1.82) is 0 Å². The topological polar surface area (TPSA) is 75.2 Å². The van der Waals surface area contributed by atoms with Crippen LogP contribution in [-0.4, -0.2) is 66.0 Å². The van der Waals surface area contributed by atoms with Crippen LogP contribution in [0.25, 0.3) is 27.2 Å². The fraction of sp³-hybridized carbons (Fsp3) is 0.414. The summed E-state index contributed by atoms with van der Waals surface area (Å²) in [6.45, 7) is 9.18. The second-order valence-corrected chi connectivity index (χ2v) is 9.98. The van der Waals surface area contributed by atoms with Crippen LogP contribution in [0.2, 0.25) is 0 Å². The SMILES string of the molecule is [C-]#[N+]c1ccc(-c2nc(N3CCC(N(C)C)CC3)n(C3CC3)c(=O)c2-c2ccc(OCCO)cc2)cc1. The zero-order valence-electron chi connectivity index (χ0n) is 21.4. The van der Waals surface area contributed by atoms with Crippen LogP contribution in [0.15, 0.2) is 53.3 Å². The molecular weight excluding hydrogens is 466 g/mol. The number of ether oxygens (including phenoxy) is 1. The van der Waals surface area contributed by atoms with E-state index in [1.54, 1.807) is 12.1 Å². The van der Waals surface area contributed by atoms with Gasteiger partial charge in [0.05, 0.1) is 24.4 Å². The van der Waals surface area contributed by atoms with Crippen LogP contribution in [0.4, 0.5) is 11.6 Å². The highest BCUT2D eigenvalue weighted by molar-refractivity contribution is 5.82. The summed E-state index contributed by atoms with van der Waals surface area (Å²) in [7, 11) is 4.25. The number of benzene rings is 2. The molecule has 0 radical (unpaired) electrons. The van der Waals surface area contributed by atoms with Crippen LogP contribution in [0.3, 0.4) is 0 Å². The van der Waals surface area contributed by atoms with E-state index in [2.05, 4.69) is 28.7 Å². The number of rotatable bonds is 8. The molecule has 1 N–H and O–H groups in total. The molecule has 5 rings (SSSR count). The molecule has 2 aromatic carbocycles. The minimum atomic E-state index is -0.0598. The van der Waals surface area contributed by atoms with Gasteiger partial charge in [0, 0.05) is 25.2 Å². The average molecular weight is 500 g/mol. The molecule has 1 saturated carbocycles. The molecule has 0 amide bonds. The maximum absolute atomic E-state index is 14.2. The lowest BCUT2D eigenvalue weighted by atomic mass is 9.99. The van der Waals surface area contributed by atoms with Crippen LogP contribution in [0.1, 0.15) is 31.7 Å². The lowest BCUT2D eigenvalue weighted by Gasteiger charge is -2.37. The standard InChI is InChI=1S/C29H33N5O3/c1-30-22-8-4-21(5-9-22)27-26(20-6-12-25(13-7-20)37-19-18-35)28(36)34(24-10-11-24)29(31-27)33-16-14-23(15-17-33)32(2)3/h4-9,12-13,23-24,35H,10-11,14-19H2,2-3H3. The van der Waals surface area contributed by atoms with Gasteiger partial charge in [-0.25, -0.2) is 9.83 Å². The van der Waals surface area contributed by atoms with Gasteiger partial charge in [-0.3, -0.25) is 9.36 Å². The molecule has 192 valence electrons. The van der Waals surface area contributed by atoms with E-state index in [-0.39, 0.29) is 24.8 Å². The zero-order chi connectivity index (χ0) is 25.9. The van der Waals surface area contributed by atoms with E-state index >= 15 is 0 Å². The van der Waals surface area contributed by atoms with Crippen molar-refractivity contribution in [2.75, 3.05) is 45.3 Å². The normalized spacial score (nSPS) is 16.1. The molecule has 2 heterocycles. The number of hydrogen-bond acceptors (Lipinski definition) is 6. The number of hydrogen-bond donors (Lipinski definition) is 1. The third kappa shape index (κ3) is 5.24. The molecule has 0 spiro atoms. The van der Waals surface area contributed by atoms with Crippen LogP contribution < -0.4 is 15.2 Å². The third-order valence-corrected chi connectivity index (χ3v) is 7.26. The van der Waals surface area contributed by atoms with Gasteiger partial charge in [-0.1, -0.05) is 36.4 Å². The number of aromatic nitrogens is 2. The van der Waals surface area contributed by atoms with Crippen LogP contribution in [0, 0.1) is 6.57 Å². The highest BCUT2D eigenvalue weighted by Crippen LogP contribution is 2.40. The van der Waals surface area contributed by atoms with Crippen molar-refractivity contribution in [3.8, 4) is 28.1 Å². The monoisotopic (exact) mass is 499 g/mol. The van der Waals surface area contributed by atoms with Gasteiger partial charge in [0.1, 0.15) is 12.4 Å². The summed E-state index contributed by atoms with van der Waals surface area (Å²) in [6.07, 6.45) is 4.02. The number of piperidine rings is 1. The maximum Gasteiger partial charge on any atom is 0.263 e. The van der Waals surface area contributed by atoms with Crippen LogP contribution in [0.5, 0.6) is 5.75 Å². The number of aliphatic hydroxyl groups excluding tert-OH is 1. The summed E-state index contributed by atoms with van der Waals surface area (Å²) in [5.74, 6) is 1.39. The first-order valence-corrected chi connectivity index (χ1v) is 12.9. The first kappa shape index (κ1) is 25.0. The van der Waals surface area contributed by atoms with E-state index in [1.807, 2.05) is 41.0 Å². The molecule has 0 unspecified atom stereocenters. The predicted octanol–water partition coefficient (Wildman–Crippen LogP) is 4.36. The Morgan fingerprint density at radius 1 is 1.03 bits per heavy atom. The zero-order valence-corrected chi connectivity index (χ0v) is 21.4. The highest BCUT2D eigenvalue weighted by Gasteiger charge is 2.33. The van der Waals surface area contributed by atoms with Gasteiger partial charge in [0.25, 0.3) is 5.56 Å². The Hall–Kier alpha value is -3.67. The second kappa shape index (κ2) is 10.8. The Morgan fingerprint density at radius 3 is 2.24 bits per heavy atom. The van der Waals surface area contributed by atoms with Crippen molar-refractivity contribution in [2.45, 2.75) is 37.8 Å². The number of nitrogens with zero attached hydrogens (tertiary/aromatic N) is 5. The fourth-order valence-electron chi connectivity index (χ4n) is 5.03. The molecule has 8 heteroatoms. The van der Waals surface area contributed by atoms with Crippen molar-refractivity contribution in [2.24, 2.45) is 0 Å². The summed E-state index contributed by atoms with van der Waals surface area (Å²) in [5, 5.41) is 9.06. The minimum absolute atomic E-state index is 0.0319. The van der Waals surface area contributed by atoms with Gasteiger partial charge in [0.2, 0.25) is 5.95 Å². The molecule has 37 heavy (non-hydrogen) atoms. The Kier molecular flexibility index (Phi) is 7.26. The lowest BCUT2D eigenvalue weighted by Crippen LogP contribution is -2.44. The molecular formula is C29H33N5O3. The average Bonchev–Trinajstić information content (AvgIpc) is 3.77. The molecule has 1 aliphatic heterocycles. The molecule has 1 aliphatic carbocycles. The smallest absolute Gasteiger partial charge is 0.263 e. The molecule has 1 saturated heterocycles. The molecule has 2 aliphatic rings. The summed E-state index contributed by atoms with van der Waals surface area (Å²) in [5.41, 5.74) is 3.29. The van der Waals surface area contributed by atoms with Crippen molar-refractivity contribution in [3.63, 3.8) is 0 Å².